The Morgan fingerprint density at radius 2 is 1.81 bits per heavy atom. The molecule has 0 fully saturated rings. The largest absolute Gasteiger partial charge is 0.491 e. The van der Waals surface area contributed by atoms with Crippen LogP contribution in [0, 0.1) is 0 Å². The van der Waals surface area contributed by atoms with Crippen molar-refractivity contribution in [2.45, 2.75) is 45.4 Å². The molecule has 0 atom stereocenters. The van der Waals surface area contributed by atoms with E-state index in [2.05, 4.69) is 6.92 Å². The Morgan fingerprint density at radius 3 is 2.43 bits per heavy atom. The Labute approximate surface area is 128 Å². The summed E-state index contributed by atoms with van der Waals surface area (Å²) in [6.45, 7) is 2.90. The fourth-order valence-electron chi connectivity index (χ4n) is 2.14. The minimum absolute atomic E-state index is 0.0517. The molecule has 21 heavy (non-hydrogen) atoms. The number of hydrogen-bond acceptors (Lipinski definition) is 3. The minimum atomic E-state index is -0.0517. The number of rotatable bonds is 9. The number of nitrogens with two attached hydrogens (primary N) is 1. The van der Waals surface area contributed by atoms with Crippen molar-refractivity contribution >= 4 is 11.6 Å². The quantitative estimate of drug-likeness (QED) is 0.557. The van der Waals surface area contributed by atoms with Gasteiger partial charge in [0.25, 0.3) is 5.91 Å². The van der Waals surface area contributed by atoms with Crippen molar-refractivity contribution in [3.63, 3.8) is 0 Å². The normalized spacial score (nSPS) is 10.4. The van der Waals surface area contributed by atoms with Crippen molar-refractivity contribution in [3.8, 4) is 5.75 Å². The first-order chi connectivity index (χ1) is 10.1. The van der Waals surface area contributed by atoms with E-state index >= 15 is 0 Å². The van der Waals surface area contributed by atoms with Gasteiger partial charge in [0.2, 0.25) is 0 Å². The molecule has 4 heteroatoms. The number of benzene rings is 1. The second-order valence-electron chi connectivity index (χ2n) is 5.57. The van der Waals surface area contributed by atoms with Crippen molar-refractivity contribution in [1.82, 2.24) is 4.90 Å². The summed E-state index contributed by atoms with van der Waals surface area (Å²) in [5.41, 5.74) is 7.05. The molecule has 0 aliphatic rings. The Hall–Kier alpha value is -1.71. The molecule has 0 heterocycles. The Kier molecular flexibility index (Phi) is 7.65. The predicted molar refractivity (Wildman–Crippen MR) is 87.7 cm³/mol. The van der Waals surface area contributed by atoms with E-state index in [0.717, 1.165) is 6.42 Å². The SMILES string of the molecule is CCCCCCCCOc1ccc(C(=O)N(C)C)cc1N. The zero-order valence-corrected chi connectivity index (χ0v) is 13.5. The number of nitrogens with zero attached hydrogens (tertiary/aromatic N) is 1. The van der Waals surface area contributed by atoms with E-state index < -0.39 is 0 Å². The predicted octanol–water partition coefficient (Wildman–Crippen LogP) is 3.71. The molecule has 0 radical (unpaired) electrons. The van der Waals surface area contributed by atoms with Gasteiger partial charge in [0.15, 0.2) is 0 Å². The van der Waals surface area contributed by atoms with E-state index in [1.54, 1.807) is 32.3 Å². The molecule has 0 bridgehead atoms. The Bertz CT molecular complexity index is 444. The smallest absolute Gasteiger partial charge is 0.253 e. The maximum Gasteiger partial charge on any atom is 0.253 e. The number of nitrogen functional groups attached to an aromatic ring is 1. The fraction of sp³-hybridized carbons (Fsp3) is 0.588. The van der Waals surface area contributed by atoms with Crippen molar-refractivity contribution in [1.29, 1.82) is 0 Å². The molecule has 4 nitrogen and oxygen atoms in total. The molecule has 0 saturated heterocycles. The Morgan fingerprint density at radius 1 is 1.14 bits per heavy atom. The molecule has 2 N–H and O–H groups in total. The number of amides is 1. The number of ether oxygens (including phenoxy) is 1. The topological polar surface area (TPSA) is 55.6 Å². The van der Waals surface area contributed by atoms with Crippen LogP contribution in [0.25, 0.3) is 0 Å². The van der Waals surface area contributed by atoms with Crippen LogP contribution in [0.1, 0.15) is 55.8 Å². The van der Waals surface area contributed by atoms with Gasteiger partial charge in [-0.25, -0.2) is 0 Å². The lowest BCUT2D eigenvalue weighted by atomic mass is 10.1. The molecular formula is C17H28N2O2. The summed E-state index contributed by atoms with van der Waals surface area (Å²) in [5.74, 6) is 0.614. The first kappa shape index (κ1) is 17.3. The van der Waals surface area contributed by atoms with E-state index in [0.29, 0.717) is 23.6 Å². The van der Waals surface area contributed by atoms with Crippen LogP contribution in [-0.2, 0) is 0 Å². The van der Waals surface area contributed by atoms with Gasteiger partial charge in [-0.15, -0.1) is 0 Å². The van der Waals surface area contributed by atoms with Crippen LogP contribution in [0.4, 0.5) is 5.69 Å². The summed E-state index contributed by atoms with van der Waals surface area (Å²) in [7, 11) is 3.45. The molecule has 0 unspecified atom stereocenters. The monoisotopic (exact) mass is 292 g/mol. The van der Waals surface area contributed by atoms with Gasteiger partial charge in [0.1, 0.15) is 5.75 Å². The second-order valence-corrected chi connectivity index (χ2v) is 5.57. The van der Waals surface area contributed by atoms with Crippen molar-refractivity contribution in [2.75, 3.05) is 26.4 Å². The lowest BCUT2D eigenvalue weighted by Gasteiger charge is -2.13. The van der Waals surface area contributed by atoms with E-state index in [4.69, 9.17) is 10.5 Å². The zero-order chi connectivity index (χ0) is 15.7. The second kappa shape index (κ2) is 9.27. The molecule has 0 aromatic heterocycles. The van der Waals surface area contributed by atoms with Gasteiger partial charge >= 0.3 is 0 Å². The van der Waals surface area contributed by atoms with Crippen LogP contribution in [0.2, 0.25) is 0 Å². The van der Waals surface area contributed by atoms with Gasteiger partial charge in [0, 0.05) is 19.7 Å². The van der Waals surface area contributed by atoms with E-state index in [1.807, 2.05) is 0 Å². The van der Waals surface area contributed by atoms with Crippen LogP contribution < -0.4 is 10.5 Å². The molecule has 0 spiro atoms. The Balaban J connectivity index is 2.38. The lowest BCUT2D eigenvalue weighted by Crippen LogP contribution is -2.21. The number of carbonyl (C=O) groups excluding carboxylic acids is 1. The van der Waals surface area contributed by atoms with Crippen molar-refractivity contribution in [2.24, 2.45) is 0 Å². The molecule has 1 amide bonds. The van der Waals surface area contributed by atoms with Crippen LogP contribution in [-0.4, -0.2) is 31.5 Å². The van der Waals surface area contributed by atoms with E-state index in [9.17, 15) is 4.79 Å². The molecule has 0 saturated carbocycles. The fourth-order valence-corrected chi connectivity index (χ4v) is 2.14. The summed E-state index contributed by atoms with van der Waals surface area (Å²) in [5, 5.41) is 0. The third-order valence-corrected chi connectivity index (χ3v) is 3.42. The van der Waals surface area contributed by atoms with Crippen LogP contribution in [0.5, 0.6) is 5.75 Å². The van der Waals surface area contributed by atoms with E-state index in [-0.39, 0.29) is 5.91 Å². The zero-order valence-electron chi connectivity index (χ0n) is 13.5. The third kappa shape index (κ3) is 6.06. The highest BCUT2D eigenvalue weighted by molar-refractivity contribution is 5.95. The molecule has 0 aliphatic heterocycles. The van der Waals surface area contributed by atoms with Crippen molar-refractivity contribution in [3.05, 3.63) is 23.8 Å². The molecular weight excluding hydrogens is 264 g/mol. The van der Waals surface area contributed by atoms with Crippen LogP contribution in [0.15, 0.2) is 18.2 Å². The summed E-state index contributed by atoms with van der Waals surface area (Å²) in [6.07, 6.45) is 7.39. The van der Waals surface area contributed by atoms with Gasteiger partial charge in [0.05, 0.1) is 12.3 Å². The van der Waals surface area contributed by atoms with Gasteiger partial charge in [-0.2, -0.15) is 0 Å². The van der Waals surface area contributed by atoms with Gasteiger partial charge in [-0.3, -0.25) is 4.79 Å². The average Bonchev–Trinajstić information content (AvgIpc) is 2.46. The summed E-state index contributed by atoms with van der Waals surface area (Å²) >= 11 is 0. The average molecular weight is 292 g/mol. The van der Waals surface area contributed by atoms with Gasteiger partial charge < -0.3 is 15.4 Å². The molecule has 1 aromatic carbocycles. The first-order valence-corrected chi connectivity index (χ1v) is 7.80. The molecule has 1 rings (SSSR count). The summed E-state index contributed by atoms with van der Waals surface area (Å²) in [6, 6.07) is 5.22. The standard InChI is InChI=1S/C17H28N2O2/c1-4-5-6-7-8-9-12-21-16-11-10-14(13-15(16)18)17(20)19(2)3/h10-11,13H,4-9,12,18H2,1-3H3. The van der Waals surface area contributed by atoms with Gasteiger partial charge in [-0.1, -0.05) is 39.0 Å². The molecule has 0 aliphatic carbocycles. The highest BCUT2D eigenvalue weighted by Crippen LogP contribution is 2.23. The number of hydrogen-bond donors (Lipinski definition) is 1. The number of unbranched alkanes of at least 4 members (excludes halogenated alkanes) is 5. The van der Waals surface area contributed by atoms with Crippen molar-refractivity contribution < 1.29 is 9.53 Å². The van der Waals surface area contributed by atoms with Crippen LogP contribution >= 0.6 is 0 Å². The number of carbonyl (C=O) groups is 1. The van der Waals surface area contributed by atoms with E-state index in [1.165, 1.54) is 37.0 Å². The highest BCUT2D eigenvalue weighted by Gasteiger charge is 2.10. The van der Waals surface area contributed by atoms with Gasteiger partial charge in [-0.05, 0) is 24.6 Å². The summed E-state index contributed by atoms with van der Waals surface area (Å²) in [4.78, 5) is 13.4. The molecule has 118 valence electrons. The minimum Gasteiger partial charge on any atom is -0.491 e. The lowest BCUT2D eigenvalue weighted by molar-refractivity contribution is 0.0827. The third-order valence-electron chi connectivity index (χ3n) is 3.42. The number of anilines is 1. The van der Waals surface area contributed by atoms with Crippen LogP contribution in [0.3, 0.4) is 0 Å². The maximum absolute atomic E-state index is 11.8. The first-order valence-electron chi connectivity index (χ1n) is 7.80. The summed E-state index contributed by atoms with van der Waals surface area (Å²) < 4.78 is 5.69. The highest BCUT2D eigenvalue weighted by atomic mass is 16.5. The maximum atomic E-state index is 11.8. The molecule has 1 aromatic rings.